The van der Waals surface area contributed by atoms with E-state index in [1.165, 1.54) is 30.2 Å². The lowest BCUT2D eigenvalue weighted by atomic mass is 10.1. The van der Waals surface area contributed by atoms with Gasteiger partial charge in [-0.3, -0.25) is 19.7 Å². The molecule has 0 fully saturated rings. The van der Waals surface area contributed by atoms with Crippen molar-refractivity contribution in [1.82, 2.24) is 15.5 Å². The number of carbonyl (C=O) groups excluding carboxylic acids is 3. The Hall–Kier alpha value is -4.48. The molecule has 3 N–H and O–H groups in total. The minimum Gasteiger partial charge on any atom is -0.496 e. The van der Waals surface area contributed by atoms with Crippen LogP contribution in [-0.2, 0) is 9.59 Å². The van der Waals surface area contributed by atoms with Crippen molar-refractivity contribution in [3.05, 3.63) is 101 Å². The minimum atomic E-state index is -0.504. The molecule has 3 aromatic carbocycles. The molecule has 0 saturated carbocycles. The topological polar surface area (TPSA) is 122 Å². The van der Waals surface area contributed by atoms with E-state index in [0.29, 0.717) is 27.7 Å². The summed E-state index contributed by atoms with van der Waals surface area (Å²) in [6, 6.07) is 22.9. The Labute approximate surface area is 240 Å². The lowest BCUT2D eigenvalue weighted by Crippen LogP contribution is -2.30. The van der Waals surface area contributed by atoms with Crippen molar-refractivity contribution in [3.8, 4) is 5.75 Å². The molecule has 0 aliphatic heterocycles. The van der Waals surface area contributed by atoms with Crippen molar-refractivity contribution >= 4 is 57.7 Å². The molecule has 9 nitrogen and oxygen atoms in total. The molecule has 204 valence electrons. The number of rotatable bonds is 10. The monoisotopic (exact) mass is 573 g/mol. The Morgan fingerprint density at radius 1 is 0.925 bits per heavy atom. The molecule has 0 radical (unpaired) electrons. The quantitative estimate of drug-likeness (QED) is 0.172. The van der Waals surface area contributed by atoms with Gasteiger partial charge in [-0.1, -0.05) is 47.7 Å². The van der Waals surface area contributed by atoms with Crippen LogP contribution in [0.3, 0.4) is 0 Å². The van der Waals surface area contributed by atoms with E-state index in [-0.39, 0.29) is 16.9 Å². The summed E-state index contributed by atoms with van der Waals surface area (Å²) in [6.45, 7) is 3.62. The van der Waals surface area contributed by atoms with E-state index in [1.54, 1.807) is 61.5 Å². The van der Waals surface area contributed by atoms with Gasteiger partial charge in [-0.05, 0) is 62.4 Å². The van der Waals surface area contributed by atoms with Crippen molar-refractivity contribution in [3.63, 3.8) is 0 Å². The number of ether oxygens (including phenoxy) is 1. The third-order valence-electron chi connectivity index (χ3n) is 5.52. The molecule has 0 saturated heterocycles. The van der Waals surface area contributed by atoms with Gasteiger partial charge >= 0.3 is 0 Å². The van der Waals surface area contributed by atoms with Crippen molar-refractivity contribution in [2.75, 3.05) is 17.7 Å². The second kappa shape index (κ2) is 13.5. The summed E-state index contributed by atoms with van der Waals surface area (Å²) in [5, 5.41) is 17.0. The predicted molar refractivity (Wildman–Crippen MR) is 159 cm³/mol. The normalized spacial score (nSPS) is 11.8. The van der Waals surface area contributed by atoms with Crippen molar-refractivity contribution in [1.29, 1.82) is 0 Å². The number of benzene rings is 3. The fourth-order valence-electron chi connectivity index (χ4n) is 3.51. The lowest BCUT2D eigenvalue weighted by Gasteiger charge is -2.13. The Morgan fingerprint density at radius 3 is 2.30 bits per heavy atom. The van der Waals surface area contributed by atoms with Gasteiger partial charge in [0.25, 0.3) is 11.8 Å². The molecule has 0 aliphatic rings. The van der Waals surface area contributed by atoms with Crippen LogP contribution in [0.15, 0.2) is 89.5 Å². The average Bonchev–Trinajstić information content (AvgIpc) is 3.38. The van der Waals surface area contributed by atoms with Gasteiger partial charge in [0.05, 0.1) is 12.4 Å². The van der Waals surface area contributed by atoms with Crippen LogP contribution in [-0.4, -0.2) is 40.3 Å². The number of nitrogens with zero attached hydrogens (tertiary/aromatic N) is 2. The predicted octanol–water partition coefficient (Wildman–Crippen LogP) is 5.38. The van der Waals surface area contributed by atoms with Crippen molar-refractivity contribution in [2.24, 2.45) is 0 Å². The Kier molecular flexibility index (Phi) is 9.66. The molecule has 0 bridgehead atoms. The molecular formula is C29H27N5O4S2. The van der Waals surface area contributed by atoms with Gasteiger partial charge in [-0.25, -0.2) is 0 Å². The molecule has 11 heteroatoms. The fraction of sp³-hybridized carbons (Fsp3) is 0.138. The Bertz CT molecular complexity index is 1520. The summed E-state index contributed by atoms with van der Waals surface area (Å²) in [5.41, 5.74) is 1.62. The van der Waals surface area contributed by atoms with Crippen LogP contribution < -0.4 is 20.7 Å². The zero-order chi connectivity index (χ0) is 28.5. The zero-order valence-electron chi connectivity index (χ0n) is 22.0. The molecule has 40 heavy (non-hydrogen) atoms. The molecule has 0 spiro atoms. The summed E-state index contributed by atoms with van der Waals surface area (Å²) < 4.78 is 5.40. The van der Waals surface area contributed by atoms with E-state index in [9.17, 15) is 14.4 Å². The molecule has 1 atom stereocenters. The van der Waals surface area contributed by atoms with Crippen LogP contribution >= 0.6 is 23.1 Å². The smallest absolute Gasteiger partial charge is 0.272 e. The number of hydrogen-bond acceptors (Lipinski definition) is 8. The molecule has 1 unspecified atom stereocenters. The van der Waals surface area contributed by atoms with Gasteiger partial charge in [-0.2, -0.15) is 0 Å². The highest BCUT2D eigenvalue weighted by atomic mass is 32.2. The first kappa shape index (κ1) is 28.5. The number of methoxy groups -OCH3 is 1. The van der Waals surface area contributed by atoms with Crippen LogP contribution in [0.25, 0.3) is 6.08 Å². The molecular weight excluding hydrogens is 546 g/mol. The standard InChI is InChI=1S/C29H27N5O4S2/c1-18(26(35)32-29-34-33-19(2)40-29)39-23-15-13-22(14-16-23)30-28(37)24(17-21-11-7-8-12-25(21)38-3)31-27(36)20-9-5-4-6-10-20/h4-18H,1-3H3,(H,30,37)(H,31,36)(H,32,34,35)/b24-17-. The van der Waals surface area contributed by atoms with Gasteiger partial charge in [0.1, 0.15) is 16.5 Å². The summed E-state index contributed by atoms with van der Waals surface area (Å²) in [7, 11) is 1.54. The highest BCUT2D eigenvalue weighted by molar-refractivity contribution is 8.00. The molecule has 3 amide bonds. The largest absolute Gasteiger partial charge is 0.496 e. The van der Waals surface area contributed by atoms with Gasteiger partial charge in [0.15, 0.2) is 0 Å². The second-order valence-corrected chi connectivity index (χ2v) is 11.1. The van der Waals surface area contributed by atoms with Crippen LogP contribution in [0.2, 0.25) is 0 Å². The van der Waals surface area contributed by atoms with Crippen LogP contribution in [0.5, 0.6) is 5.75 Å². The number of carbonyl (C=O) groups is 3. The van der Waals surface area contributed by atoms with Gasteiger partial charge in [0, 0.05) is 21.7 Å². The molecule has 1 heterocycles. The molecule has 0 aliphatic carbocycles. The third-order valence-corrected chi connectivity index (χ3v) is 7.38. The lowest BCUT2D eigenvalue weighted by molar-refractivity contribution is -0.115. The van der Waals surface area contributed by atoms with Crippen LogP contribution in [0, 0.1) is 6.92 Å². The first-order valence-corrected chi connectivity index (χ1v) is 13.9. The SMILES string of the molecule is COc1ccccc1/C=C(\NC(=O)c1ccccc1)C(=O)Nc1ccc(SC(C)C(=O)Nc2nnc(C)s2)cc1. The van der Waals surface area contributed by atoms with E-state index in [0.717, 1.165) is 9.90 Å². The first-order chi connectivity index (χ1) is 19.3. The highest BCUT2D eigenvalue weighted by Crippen LogP contribution is 2.27. The number of hydrogen-bond donors (Lipinski definition) is 3. The van der Waals surface area contributed by atoms with Crippen LogP contribution in [0.4, 0.5) is 10.8 Å². The van der Waals surface area contributed by atoms with Gasteiger partial charge < -0.3 is 15.4 Å². The average molecular weight is 574 g/mol. The minimum absolute atomic E-state index is 0.0500. The van der Waals surface area contributed by atoms with E-state index in [2.05, 4.69) is 26.1 Å². The highest BCUT2D eigenvalue weighted by Gasteiger charge is 2.18. The summed E-state index contributed by atoms with van der Waals surface area (Å²) >= 11 is 2.69. The van der Waals surface area contributed by atoms with Gasteiger partial charge in [-0.15, -0.1) is 22.0 Å². The maximum Gasteiger partial charge on any atom is 0.272 e. The maximum atomic E-state index is 13.3. The second-order valence-electron chi connectivity index (χ2n) is 8.47. The number of anilines is 2. The van der Waals surface area contributed by atoms with E-state index in [4.69, 9.17) is 4.74 Å². The maximum absolute atomic E-state index is 13.3. The molecule has 1 aromatic heterocycles. The molecule has 4 aromatic rings. The number of aromatic nitrogens is 2. The van der Waals surface area contributed by atoms with Crippen LogP contribution in [0.1, 0.15) is 27.9 Å². The van der Waals surface area contributed by atoms with E-state index < -0.39 is 11.8 Å². The van der Waals surface area contributed by atoms with Gasteiger partial charge in [0.2, 0.25) is 11.0 Å². The van der Waals surface area contributed by atoms with E-state index in [1.807, 2.05) is 37.3 Å². The Morgan fingerprint density at radius 2 is 1.62 bits per heavy atom. The Balaban J connectivity index is 1.46. The summed E-state index contributed by atoms with van der Waals surface area (Å²) in [4.78, 5) is 39.5. The number of nitrogens with one attached hydrogen (secondary N) is 3. The molecule has 4 rings (SSSR count). The summed E-state index contributed by atoms with van der Waals surface area (Å²) in [6.07, 6.45) is 1.57. The number of aryl methyl sites for hydroxylation is 1. The number of para-hydroxylation sites is 1. The third kappa shape index (κ3) is 7.78. The van der Waals surface area contributed by atoms with E-state index >= 15 is 0 Å². The fourth-order valence-corrected chi connectivity index (χ4v) is 4.97. The van der Waals surface area contributed by atoms with Crippen molar-refractivity contribution < 1.29 is 19.1 Å². The van der Waals surface area contributed by atoms with Crippen molar-refractivity contribution in [2.45, 2.75) is 24.0 Å². The number of thioether (sulfide) groups is 1. The first-order valence-electron chi connectivity index (χ1n) is 12.2. The summed E-state index contributed by atoms with van der Waals surface area (Å²) in [5.74, 6) is -0.545. The zero-order valence-corrected chi connectivity index (χ0v) is 23.6. The number of amides is 3.